The molecule has 0 saturated heterocycles. The first kappa shape index (κ1) is 12.8. The van der Waals surface area contributed by atoms with Gasteiger partial charge in [0.25, 0.3) is 0 Å². The lowest BCUT2D eigenvalue weighted by Crippen LogP contribution is -2.12. The summed E-state index contributed by atoms with van der Waals surface area (Å²) in [4.78, 5) is 10.6. The van der Waals surface area contributed by atoms with E-state index in [1.807, 2.05) is 0 Å². The molecule has 1 aliphatic rings. The van der Waals surface area contributed by atoms with Crippen molar-refractivity contribution in [2.45, 2.75) is 18.2 Å². The van der Waals surface area contributed by atoms with Crippen LogP contribution in [0.1, 0.15) is 18.9 Å². The van der Waals surface area contributed by atoms with Gasteiger partial charge in [0.15, 0.2) is 0 Å². The zero-order valence-corrected chi connectivity index (χ0v) is 10.4. The number of rotatable bonds is 3. The molecule has 0 radical (unpaired) electrons. The predicted molar refractivity (Wildman–Crippen MR) is 63.0 cm³/mol. The topological polar surface area (TPSA) is 71.4 Å². The van der Waals surface area contributed by atoms with Crippen LogP contribution < -0.4 is 0 Å². The van der Waals surface area contributed by atoms with Crippen molar-refractivity contribution >= 4 is 21.9 Å². The lowest BCUT2D eigenvalue weighted by atomic mass is 10.1. The molecule has 18 heavy (non-hydrogen) atoms. The van der Waals surface area contributed by atoms with Crippen molar-refractivity contribution < 1.29 is 22.7 Å². The Morgan fingerprint density at radius 3 is 2.67 bits per heavy atom. The highest BCUT2D eigenvalue weighted by Gasteiger charge is 2.32. The summed E-state index contributed by atoms with van der Waals surface area (Å²) in [6.45, 7) is 1.41. The third kappa shape index (κ3) is 1.92. The zero-order chi connectivity index (χ0) is 13.5. The number of allylic oxidation sites excluding steroid dienone is 1. The van der Waals surface area contributed by atoms with Crippen LogP contribution in [0.15, 0.2) is 28.0 Å². The highest BCUT2D eigenvalue weighted by Crippen LogP contribution is 2.37. The maximum atomic E-state index is 13.5. The minimum absolute atomic E-state index is 0.0186. The van der Waals surface area contributed by atoms with E-state index in [1.165, 1.54) is 31.2 Å². The van der Waals surface area contributed by atoms with Crippen molar-refractivity contribution in [2.75, 3.05) is 0 Å². The third-order valence-electron chi connectivity index (χ3n) is 2.88. The van der Waals surface area contributed by atoms with Gasteiger partial charge < -0.3 is 5.11 Å². The van der Waals surface area contributed by atoms with E-state index in [4.69, 9.17) is 5.11 Å². The molecule has 0 amide bonds. The molecular weight excluding hydrogens is 259 g/mol. The van der Waals surface area contributed by atoms with Gasteiger partial charge in [-0.2, -0.15) is 0 Å². The molecule has 0 spiro atoms. The molecule has 1 aromatic rings. The Morgan fingerprint density at radius 2 is 2.11 bits per heavy atom. The van der Waals surface area contributed by atoms with Gasteiger partial charge in [0, 0.05) is 5.56 Å². The van der Waals surface area contributed by atoms with Gasteiger partial charge in [-0.3, -0.25) is 4.79 Å². The monoisotopic (exact) mass is 270 g/mol. The Labute approximate surface area is 104 Å². The molecule has 0 saturated carbocycles. The molecule has 1 aliphatic heterocycles. The molecule has 2 rings (SSSR count). The van der Waals surface area contributed by atoms with E-state index in [-0.39, 0.29) is 21.8 Å². The fraction of sp³-hybridized carbons (Fsp3) is 0.250. The summed E-state index contributed by atoms with van der Waals surface area (Å²) in [6.07, 6.45) is 1.09. The smallest absolute Gasteiger partial charge is 0.306 e. The van der Waals surface area contributed by atoms with Crippen LogP contribution in [0.2, 0.25) is 0 Å². The molecule has 1 aromatic carbocycles. The Kier molecular flexibility index (Phi) is 2.98. The number of hydrogen-bond acceptors (Lipinski definition) is 3. The predicted octanol–water partition coefficient (Wildman–Crippen LogP) is 2.06. The lowest BCUT2D eigenvalue weighted by Gasteiger charge is -2.07. The Morgan fingerprint density at radius 1 is 1.44 bits per heavy atom. The van der Waals surface area contributed by atoms with Gasteiger partial charge in [0.1, 0.15) is 5.82 Å². The van der Waals surface area contributed by atoms with E-state index in [9.17, 15) is 17.6 Å². The molecule has 0 bridgehead atoms. The molecule has 6 heteroatoms. The highest BCUT2D eigenvalue weighted by atomic mass is 32.2. The fourth-order valence-corrected chi connectivity index (χ4v) is 3.56. The van der Waals surface area contributed by atoms with Gasteiger partial charge in [-0.25, -0.2) is 12.8 Å². The summed E-state index contributed by atoms with van der Waals surface area (Å²) in [5.41, 5.74) is 0.0186. The van der Waals surface area contributed by atoms with Crippen molar-refractivity contribution in [3.05, 3.63) is 34.5 Å². The first-order chi connectivity index (χ1) is 8.34. The molecule has 0 aromatic heterocycles. The second-order valence-electron chi connectivity index (χ2n) is 4.21. The first-order valence-corrected chi connectivity index (χ1v) is 6.79. The molecule has 0 fully saturated rings. The Balaban J connectivity index is 2.46. The number of benzene rings is 1. The number of fused-ring (bicyclic) bond motifs is 1. The van der Waals surface area contributed by atoms with Gasteiger partial charge in [-0.15, -0.1) is 0 Å². The van der Waals surface area contributed by atoms with E-state index in [2.05, 4.69) is 0 Å². The minimum Gasteiger partial charge on any atom is -0.481 e. The van der Waals surface area contributed by atoms with Crippen LogP contribution in [0.25, 0.3) is 6.08 Å². The quantitative estimate of drug-likeness (QED) is 0.912. The van der Waals surface area contributed by atoms with Crippen LogP contribution in [-0.4, -0.2) is 19.5 Å². The lowest BCUT2D eigenvalue weighted by molar-refractivity contribution is -0.141. The van der Waals surface area contributed by atoms with Crippen LogP contribution in [0, 0.1) is 11.7 Å². The second kappa shape index (κ2) is 4.20. The standard InChI is InChI=1S/C12H11FO4S/c1-7(12(14)15)5-8-6-9-10(13)3-2-4-11(9)18(8,16)17/h2-4,6-7H,5H2,1H3,(H,14,15). The van der Waals surface area contributed by atoms with E-state index < -0.39 is 27.5 Å². The average Bonchev–Trinajstić information content (AvgIpc) is 2.53. The summed E-state index contributed by atoms with van der Waals surface area (Å²) in [5, 5.41) is 8.79. The van der Waals surface area contributed by atoms with Gasteiger partial charge in [0.2, 0.25) is 9.84 Å². The summed E-state index contributed by atoms with van der Waals surface area (Å²) < 4.78 is 37.6. The number of carboxylic acids is 1. The second-order valence-corrected chi connectivity index (χ2v) is 6.18. The number of hydrogen-bond donors (Lipinski definition) is 1. The van der Waals surface area contributed by atoms with Crippen molar-refractivity contribution in [2.24, 2.45) is 5.92 Å². The van der Waals surface area contributed by atoms with Crippen LogP contribution in [0.4, 0.5) is 4.39 Å². The SMILES string of the molecule is CC(CC1=Cc2c(F)cccc2S1(=O)=O)C(=O)O. The fourth-order valence-electron chi connectivity index (χ4n) is 1.83. The van der Waals surface area contributed by atoms with Gasteiger partial charge in [0.05, 0.1) is 15.7 Å². The van der Waals surface area contributed by atoms with Crippen molar-refractivity contribution in [3.8, 4) is 0 Å². The molecule has 1 heterocycles. The molecule has 1 N–H and O–H groups in total. The van der Waals surface area contributed by atoms with Gasteiger partial charge >= 0.3 is 5.97 Å². The van der Waals surface area contributed by atoms with Crippen LogP contribution in [0.3, 0.4) is 0 Å². The molecule has 1 atom stereocenters. The molecule has 96 valence electrons. The average molecular weight is 270 g/mol. The Hall–Kier alpha value is -1.69. The molecule has 4 nitrogen and oxygen atoms in total. The van der Waals surface area contributed by atoms with Crippen LogP contribution in [0.5, 0.6) is 0 Å². The number of sulfone groups is 1. The highest BCUT2D eigenvalue weighted by molar-refractivity contribution is 7.95. The third-order valence-corrected chi connectivity index (χ3v) is 4.79. The normalized spacial score (nSPS) is 18.0. The number of halogens is 1. The minimum atomic E-state index is -3.74. The summed E-state index contributed by atoms with van der Waals surface area (Å²) in [6, 6.07) is 3.82. The van der Waals surface area contributed by atoms with Crippen molar-refractivity contribution in [3.63, 3.8) is 0 Å². The zero-order valence-electron chi connectivity index (χ0n) is 9.55. The summed E-state index contributed by atoms with van der Waals surface area (Å²) >= 11 is 0. The number of carboxylic acid groups (broad SMARTS) is 1. The van der Waals surface area contributed by atoms with Crippen molar-refractivity contribution in [1.82, 2.24) is 0 Å². The number of aliphatic carboxylic acids is 1. The van der Waals surface area contributed by atoms with E-state index >= 15 is 0 Å². The maximum Gasteiger partial charge on any atom is 0.306 e. The van der Waals surface area contributed by atoms with E-state index in [0.717, 1.165) is 0 Å². The summed E-state index contributed by atoms with van der Waals surface area (Å²) in [7, 11) is -3.74. The molecule has 0 aliphatic carbocycles. The summed E-state index contributed by atoms with van der Waals surface area (Å²) in [5.74, 6) is -2.53. The molecule has 1 unspecified atom stereocenters. The number of carbonyl (C=O) groups is 1. The molecular formula is C12H11FO4S. The van der Waals surface area contributed by atoms with Gasteiger partial charge in [-0.1, -0.05) is 13.0 Å². The van der Waals surface area contributed by atoms with Gasteiger partial charge in [-0.05, 0) is 24.6 Å². The largest absolute Gasteiger partial charge is 0.481 e. The first-order valence-electron chi connectivity index (χ1n) is 5.31. The van der Waals surface area contributed by atoms with Crippen LogP contribution in [-0.2, 0) is 14.6 Å². The van der Waals surface area contributed by atoms with E-state index in [0.29, 0.717) is 0 Å². The van der Waals surface area contributed by atoms with Crippen molar-refractivity contribution in [1.29, 1.82) is 0 Å². The Bertz CT molecular complexity index is 646. The maximum absolute atomic E-state index is 13.5. The van der Waals surface area contributed by atoms with E-state index in [1.54, 1.807) is 0 Å². The van der Waals surface area contributed by atoms with Crippen LogP contribution >= 0.6 is 0 Å².